The normalized spacial score (nSPS) is 31.3. The van der Waals surface area contributed by atoms with Crippen LogP contribution in [-0.4, -0.2) is 33.9 Å². The lowest BCUT2D eigenvalue weighted by molar-refractivity contribution is -0.424. The van der Waals surface area contributed by atoms with E-state index in [-0.39, 0.29) is 28.1 Å². The molecule has 0 unspecified atom stereocenters. The lowest BCUT2D eigenvalue weighted by Gasteiger charge is -2.46. The molecule has 14 heavy (non-hydrogen) atoms. The second-order valence-electron chi connectivity index (χ2n) is 3.06. The predicted octanol–water partition coefficient (Wildman–Crippen LogP) is -2.29. The number of fused-ring (bicyclic) bond motifs is 1. The summed E-state index contributed by atoms with van der Waals surface area (Å²) in [5.41, 5.74) is 3.44. The zero-order valence-electron chi connectivity index (χ0n) is 7.03. The number of halogens is 1. The van der Waals surface area contributed by atoms with E-state index < -0.39 is 5.97 Å². The van der Waals surface area contributed by atoms with Gasteiger partial charge in [0.15, 0.2) is 6.04 Å². The molecule has 5 nitrogen and oxygen atoms in total. The standard InChI is InChI=1S/C7H7ClN2O3S/c8-2-1-14-6-3(9)5(11)10(6)4(2)7(12)13/h3,6H,1,9H2,(H,12,13)/t3-,6-/m1/s1. The Kier molecular flexibility index (Phi) is 2.21. The van der Waals surface area contributed by atoms with Crippen LogP contribution < -0.4 is 10.8 Å². The lowest BCUT2D eigenvalue weighted by Crippen LogP contribution is -2.83. The predicted molar refractivity (Wildman–Crippen MR) is 47.7 cm³/mol. The van der Waals surface area contributed by atoms with E-state index in [0.29, 0.717) is 5.75 Å². The number of carboxylic acid groups (broad SMARTS) is 1. The van der Waals surface area contributed by atoms with E-state index in [1.54, 1.807) is 0 Å². The van der Waals surface area contributed by atoms with Gasteiger partial charge in [0.05, 0.1) is 16.7 Å². The van der Waals surface area contributed by atoms with Crippen LogP contribution in [0.15, 0.2) is 10.7 Å². The van der Waals surface area contributed by atoms with Gasteiger partial charge in [0, 0.05) is 5.75 Å². The van der Waals surface area contributed by atoms with E-state index in [0.717, 1.165) is 4.90 Å². The highest BCUT2D eigenvalue weighted by atomic mass is 35.5. The number of carbonyl (C=O) groups excluding carboxylic acids is 2. The van der Waals surface area contributed by atoms with Crippen molar-refractivity contribution in [1.82, 2.24) is 4.90 Å². The maximum absolute atomic E-state index is 11.3. The van der Waals surface area contributed by atoms with Crippen LogP contribution in [0.3, 0.4) is 0 Å². The molecule has 1 saturated heterocycles. The molecular formula is C7H7ClN2O3S. The third-order valence-electron chi connectivity index (χ3n) is 2.23. The summed E-state index contributed by atoms with van der Waals surface area (Å²) in [6.07, 6.45) is 0. The average Bonchev–Trinajstić information content (AvgIpc) is 2.15. The molecule has 0 aliphatic carbocycles. The van der Waals surface area contributed by atoms with Crippen LogP contribution >= 0.6 is 23.4 Å². The number of carboxylic acids is 1. The SMILES string of the molecule is [NH3+][C@@H]1C(=O)N2C(C(=O)[O-])=C(Cl)CS[C@H]12. The first-order valence-electron chi connectivity index (χ1n) is 3.91. The first-order valence-corrected chi connectivity index (χ1v) is 5.34. The Balaban J connectivity index is 2.37. The Morgan fingerprint density at radius 3 is 2.93 bits per heavy atom. The average molecular weight is 235 g/mol. The molecule has 0 bridgehead atoms. The molecular weight excluding hydrogens is 228 g/mol. The fraction of sp³-hybridized carbons (Fsp3) is 0.429. The first kappa shape index (κ1) is 9.82. The smallest absolute Gasteiger partial charge is 0.289 e. The number of nitrogens with zero attached hydrogens (tertiary/aromatic N) is 1. The third-order valence-corrected chi connectivity index (χ3v) is 4.03. The zero-order valence-corrected chi connectivity index (χ0v) is 8.60. The molecule has 0 aromatic heterocycles. The quantitative estimate of drug-likeness (QED) is 0.518. The number of amides is 1. The van der Waals surface area contributed by atoms with E-state index in [4.69, 9.17) is 11.6 Å². The van der Waals surface area contributed by atoms with Gasteiger partial charge in [0.25, 0.3) is 5.91 Å². The molecule has 2 aliphatic heterocycles. The van der Waals surface area contributed by atoms with Crippen molar-refractivity contribution in [2.45, 2.75) is 11.4 Å². The van der Waals surface area contributed by atoms with Gasteiger partial charge in [-0.25, -0.2) is 0 Å². The molecule has 0 radical (unpaired) electrons. The second-order valence-corrected chi connectivity index (χ2v) is 4.62. The fourth-order valence-corrected chi connectivity index (χ4v) is 3.04. The molecule has 0 aromatic rings. The van der Waals surface area contributed by atoms with Crippen molar-refractivity contribution in [2.75, 3.05) is 5.75 Å². The van der Waals surface area contributed by atoms with Gasteiger partial charge in [0.1, 0.15) is 5.37 Å². The summed E-state index contributed by atoms with van der Waals surface area (Å²) in [5.74, 6) is -1.31. The summed E-state index contributed by atoms with van der Waals surface area (Å²) in [5, 5.41) is 10.7. The monoisotopic (exact) mass is 234 g/mol. The third kappa shape index (κ3) is 1.14. The molecule has 0 spiro atoms. The number of hydrogen-bond acceptors (Lipinski definition) is 4. The van der Waals surface area contributed by atoms with Crippen LogP contribution in [0.25, 0.3) is 0 Å². The van der Waals surface area contributed by atoms with Gasteiger partial charge in [-0.15, -0.1) is 11.8 Å². The molecule has 1 fully saturated rings. The lowest BCUT2D eigenvalue weighted by atomic mass is 10.1. The number of quaternary nitrogens is 1. The Bertz CT molecular complexity index is 357. The van der Waals surface area contributed by atoms with Gasteiger partial charge in [-0.3, -0.25) is 9.69 Å². The van der Waals surface area contributed by atoms with E-state index in [9.17, 15) is 14.7 Å². The van der Waals surface area contributed by atoms with Crippen LogP contribution in [0.5, 0.6) is 0 Å². The number of hydrogen-bond donors (Lipinski definition) is 1. The highest BCUT2D eigenvalue weighted by Gasteiger charge is 2.53. The van der Waals surface area contributed by atoms with Crippen molar-refractivity contribution in [3.05, 3.63) is 10.7 Å². The molecule has 2 rings (SSSR count). The molecule has 1 amide bonds. The molecule has 0 aromatic carbocycles. The largest absolute Gasteiger partial charge is 0.543 e. The van der Waals surface area contributed by atoms with Crippen LogP contribution in [0, 0.1) is 0 Å². The maximum Gasteiger partial charge on any atom is 0.289 e. The first-order chi connectivity index (χ1) is 6.54. The van der Waals surface area contributed by atoms with Gasteiger partial charge < -0.3 is 15.6 Å². The minimum absolute atomic E-state index is 0.159. The minimum Gasteiger partial charge on any atom is -0.543 e. The van der Waals surface area contributed by atoms with E-state index >= 15 is 0 Å². The number of thioether (sulfide) groups is 1. The van der Waals surface area contributed by atoms with Crippen LogP contribution in [0.4, 0.5) is 0 Å². The summed E-state index contributed by atoms with van der Waals surface area (Å²) >= 11 is 7.12. The molecule has 2 atom stereocenters. The number of carbonyl (C=O) groups is 2. The van der Waals surface area contributed by atoms with Crippen molar-refractivity contribution in [1.29, 1.82) is 0 Å². The van der Waals surface area contributed by atoms with E-state index in [2.05, 4.69) is 5.73 Å². The highest BCUT2D eigenvalue weighted by molar-refractivity contribution is 8.00. The number of β-lactam (4-membered cyclic amide) rings is 1. The van der Waals surface area contributed by atoms with Crippen molar-refractivity contribution >= 4 is 35.2 Å². The van der Waals surface area contributed by atoms with Crippen molar-refractivity contribution in [2.24, 2.45) is 0 Å². The van der Waals surface area contributed by atoms with Gasteiger partial charge in [-0.2, -0.15) is 0 Å². The molecule has 0 saturated carbocycles. The summed E-state index contributed by atoms with van der Waals surface area (Å²) < 4.78 is 0. The van der Waals surface area contributed by atoms with Gasteiger partial charge >= 0.3 is 0 Å². The number of rotatable bonds is 1. The highest BCUT2D eigenvalue weighted by Crippen LogP contribution is 2.39. The van der Waals surface area contributed by atoms with Crippen molar-refractivity contribution in [3.8, 4) is 0 Å². The van der Waals surface area contributed by atoms with Crippen LogP contribution in [0.1, 0.15) is 0 Å². The molecule has 2 heterocycles. The van der Waals surface area contributed by atoms with Crippen LogP contribution in [0.2, 0.25) is 0 Å². The van der Waals surface area contributed by atoms with E-state index in [1.807, 2.05) is 0 Å². The van der Waals surface area contributed by atoms with Crippen LogP contribution in [-0.2, 0) is 9.59 Å². The Labute approximate surface area is 88.9 Å². The summed E-state index contributed by atoms with van der Waals surface area (Å²) in [7, 11) is 0. The summed E-state index contributed by atoms with van der Waals surface area (Å²) in [6.45, 7) is 0. The molecule has 76 valence electrons. The fourth-order valence-electron chi connectivity index (χ4n) is 1.52. The maximum atomic E-state index is 11.3. The number of aliphatic carboxylic acids is 1. The van der Waals surface area contributed by atoms with Gasteiger partial charge in [0.2, 0.25) is 0 Å². The Morgan fingerprint density at radius 2 is 2.36 bits per heavy atom. The van der Waals surface area contributed by atoms with E-state index in [1.165, 1.54) is 11.8 Å². The minimum atomic E-state index is -1.40. The zero-order chi connectivity index (χ0) is 10.5. The summed E-state index contributed by atoms with van der Waals surface area (Å²) in [6, 6.07) is -0.376. The molecule has 3 N–H and O–H groups in total. The van der Waals surface area contributed by atoms with Crippen molar-refractivity contribution in [3.63, 3.8) is 0 Å². The summed E-state index contributed by atoms with van der Waals surface area (Å²) in [4.78, 5) is 23.2. The second kappa shape index (κ2) is 3.15. The Morgan fingerprint density at radius 1 is 1.71 bits per heavy atom. The van der Waals surface area contributed by atoms with Crippen molar-refractivity contribution < 1.29 is 20.4 Å². The van der Waals surface area contributed by atoms with Gasteiger partial charge in [-0.1, -0.05) is 11.6 Å². The molecule has 2 aliphatic rings. The Hall–Kier alpha value is -0.720. The van der Waals surface area contributed by atoms with Gasteiger partial charge in [-0.05, 0) is 0 Å². The molecule has 7 heteroatoms. The topological polar surface area (TPSA) is 88.1 Å².